The second kappa shape index (κ2) is 9.70. The van der Waals surface area contributed by atoms with Gasteiger partial charge in [0.15, 0.2) is 5.13 Å². The molecule has 0 aliphatic heterocycles. The Hall–Kier alpha value is -3.91. The van der Waals surface area contributed by atoms with Gasteiger partial charge in [0.05, 0.1) is 21.7 Å². The fraction of sp³-hybridized carbons (Fsp3) is 0.160. The molecule has 0 N–H and O–H groups in total. The van der Waals surface area contributed by atoms with Crippen molar-refractivity contribution in [3.05, 3.63) is 99.9 Å². The third kappa shape index (κ3) is 5.12. The van der Waals surface area contributed by atoms with Gasteiger partial charge in [0, 0.05) is 30.6 Å². The third-order valence-corrected chi connectivity index (χ3v) is 6.16. The monoisotopic (exact) mass is 458 g/mol. The molecule has 2 aromatic carbocycles. The first-order chi connectivity index (χ1) is 15.9. The van der Waals surface area contributed by atoms with Gasteiger partial charge in [-0.05, 0) is 40.8 Å². The molecular formula is C25H22N4O3S. The fourth-order valence-corrected chi connectivity index (χ4v) is 4.46. The van der Waals surface area contributed by atoms with Crippen LogP contribution in [0.15, 0.2) is 73.1 Å². The van der Waals surface area contributed by atoms with Crippen molar-refractivity contribution < 1.29 is 9.72 Å². The molecule has 7 nitrogen and oxygen atoms in total. The number of carbonyl (C=O) groups is 1. The molecule has 0 fully saturated rings. The number of fused-ring (bicyclic) bond motifs is 1. The maximum atomic E-state index is 13.3. The van der Waals surface area contributed by atoms with Gasteiger partial charge in [0.2, 0.25) is 0 Å². The van der Waals surface area contributed by atoms with Gasteiger partial charge in [-0.15, -0.1) is 0 Å². The molecule has 33 heavy (non-hydrogen) atoms. The summed E-state index contributed by atoms with van der Waals surface area (Å²) in [6.07, 6.45) is 6.41. The number of amides is 1. The standard InChI is InChI=1S/C25H22N4O3S/c1-17(2)21-9-4-10-22-24(21)27-25(33-22)28(16-19-7-5-13-26-15-19)23(30)12-11-18-6-3-8-20(14-18)29(31)32/h3-15,17H,16H2,1-2H3/b12-11+. The van der Waals surface area contributed by atoms with E-state index in [9.17, 15) is 14.9 Å². The maximum Gasteiger partial charge on any atom is 0.270 e. The van der Waals surface area contributed by atoms with E-state index in [1.54, 1.807) is 35.5 Å². The van der Waals surface area contributed by atoms with Crippen molar-refractivity contribution in [1.29, 1.82) is 0 Å². The van der Waals surface area contributed by atoms with Crippen LogP contribution in [0.4, 0.5) is 10.8 Å². The maximum absolute atomic E-state index is 13.3. The molecule has 0 spiro atoms. The summed E-state index contributed by atoms with van der Waals surface area (Å²) < 4.78 is 1.02. The van der Waals surface area contributed by atoms with E-state index in [1.165, 1.54) is 29.5 Å². The Bertz CT molecular complexity index is 1330. The summed E-state index contributed by atoms with van der Waals surface area (Å²) in [5.41, 5.74) is 3.46. The summed E-state index contributed by atoms with van der Waals surface area (Å²) in [7, 11) is 0. The zero-order chi connectivity index (χ0) is 23.4. The number of nitro groups is 1. The molecule has 0 atom stereocenters. The van der Waals surface area contributed by atoms with Crippen LogP contribution in [-0.4, -0.2) is 20.8 Å². The molecule has 4 rings (SSSR count). The number of carbonyl (C=O) groups excluding carboxylic acids is 1. The van der Waals surface area contributed by atoms with Crippen LogP contribution >= 0.6 is 11.3 Å². The van der Waals surface area contributed by atoms with Gasteiger partial charge in [-0.2, -0.15) is 0 Å². The van der Waals surface area contributed by atoms with Crippen LogP contribution in [0.25, 0.3) is 16.3 Å². The Balaban J connectivity index is 1.70. The molecule has 8 heteroatoms. The highest BCUT2D eigenvalue weighted by Gasteiger charge is 2.20. The summed E-state index contributed by atoms with van der Waals surface area (Å²) >= 11 is 1.46. The Morgan fingerprint density at radius 3 is 2.73 bits per heavy atom. The van der Waals surface area contributed by atoms with E-state index in [0.29, 0.717) is 23.2 Å². The first kappa shape index (κ1) is 22.3. The van der Waals surface area contributed by atoms with E-state index in [-0.39, 0.29) is 11.6 Å². The van der Waals surface area contributed by atoms with E-state index >= 15 is 0 Å². The van der Waals surface area contributed by atoms with Gasteiger partial charge in [-0.25, -0.2) is 4.98 Å². The summed E-state index contributed by atoms with van der Waals surface area (Å²) in [4.78, 5) is 34.5. The second-order valence-electron chi connectivity index (χ2n) is 7.82. The predicted octanol–water partition coefficient (Wildman–Crippen LogP) is 5.97. The lowest BCUT2D eigenvalue weighted by atomic mass is 10.0. The Kier molecular flexibility index (Phi) is 6.55. The summed E-state index contributed by atoms with van der Waals surface area (Å²) in [6.45, 7) is 4.55. The van der Waals surface area contributed by atoms with Crippen molar-refractivity contribution in [3.8, 4) is 0 Å². The van der Waals surface area contributed by atoms with Crippen LogP contribution in [0.5, 0.6) is 0 Å². The second-order valence-corrected chi connectivity index (χ2v) is 8.83. The Labute approximate surface area is 195 Å². The summed E-state index contributed by atoms with van der Waals surface area (Å²) in [5, 5.41) is 11.6. The van der Waals surface area contributed by atoms with Gasteiger partial charge in [0.25, 0.3) is 11.6 Å². The first-order valence-electron chi connectivity index (χ1n) is 10.4. The third-order valence-electron chi connectivity index (χ3n) is 5.12. The molecule has 0 saturated heterocycles. The molecule has 2 aromatic heterocycles. The molecule has 0 saturated carbocycles. The van der Waals surface area contributed by atoms with Crippen LogP contribution in [0.1, 0.15) is 36.5 Å². The number of rotatable bonds is 7. The minimum atomic E-state index is -0.457. The zero-order valence-corrected chi connectivity index (χ0v) is 19.0. The number of nitro benzene ring substituents is 1. The van der Waals surface area contributed by atoms with Crippen molar-refractivity contribution in [2.45, 2.75) is 26.3 Å². The number of anilines is 1. The van der Waals surface area contributed by atoms with Gasteiger partial charge >= 0.3 is 0 Å². The fourth-order valence-electron chi connectivity index (χ4n) is 3.45. The Morgan fingerprint density at radius 2 is 2.00 bits per heavy atom. The number of para-hydroxylation sites is 1. The highest BCUT2D eigenvalue weighted by atomic mass is 32.1. The van der Waals surface area contributed by atoms with Gasteiger partial charge in [-0.3, -0.25) is 24.8 Å². The number of aromatic nitrogens is 2. The van der Waals surface area contributed by atoms with Crippen molar-refractivity contribution in [1.82, 2.24) is 9.97 Å². The highest BCUT2D eigenvalue weighted by molar-refractivity contribution is 7.22. The van der Waals surface area contributed by atoms with E-state index in [0.717, 1.165) is 21.3 Å². The highest BCUT2D eigenvalue weighted by Crippen LogP contribution is 2.34. The van der Waals surface area contributed by atoms with E-state index in [1.807, 2.05) is 24.3 Å². The molecule has 4 aromatic rings. The van der Waals surface area contributed by atoms with Gasteiger partial charge in [-0.1, -0.05) is 55.5 Å². The number of hydrogen-bond acceptors (Lipinski definition) is 6. The number of nitrogens with zero attached hydrogens (tertiary/aromatic N) is 4. The first-order valence-corrected chi connectivity index (χ1v) is 11.3. The molecule has 0 aliphatic rings. The van der Waals surface area contributed by atoms with E-state index < -0.39 is 4.92 Å². The van der Waals surface area contributed by atoms with E-state index in [2.05, 4.69) is 24.9 Å². The summed E-state index contributed by atoms with van der Waals surface area (Å²) in [6, 6.07) is 16.0. The van der Waals surface area contributed by atoms with E-state index in [4.69, 9.17) is 4.98 Å². The lowest BCUT2D eigenvalue weighted by Crippen LogP contribution is -2.28. The lowest BCUT2D eigenvalue weighted by molar-refractivity contribution is -0.384. The van der Waals surface area contributed by atoms with Crippen LogP contribution < -0.4 is 4.90 Å². The molecule has 0 unspecified atom stereocenters. The largest absolute Gasteiger partial charge is 0.280 e. The molecule has 1 amide bonds. The van der Waals surface area contributed by atoms with Crippen molar-refractivity contribution >= 4 is 44.4 Å². The molecule has 2 heterocycles. The predicted molar refractivity (Wildman–Crippen MR) is 131 cm³/mol. The number of hydrogen-bond donors (Lipinski definition) is 0. The number of benzene rings is 2. The number of non-ortho nitro benzene ring substituents is 1. The van der Waals surface area contributed by atoms with Crippen molar-refractivity contribution in [2.24, 2.45) is 0 Å². The number of pyridine rings is 1. The molecular weight excluding hydrogens is 436 g/mol. The topological polar surface area (TPSA) is 89.2 Å². The SMILES string of the molecule is CC(C)c1cccc2sc(N(Cc3cccnc3)C(=O)/C=C/c3cccc([N+](=O)[O-])c3)nc12. The quantitative estimate of drug-likeness (QED) is 0.193. The lowest BCUT2D eigenvalue weighted by Gasteiger charge is -2.18. The molecule has 0 bridgehead atoms. The van der Waals surface area contributed by atoms with Crippen molar-refractivity contribution in [3.63, 3.8) is 0 Å². The van der Waals surface area contributed by atoms with Crippen molar-refractivity contribution in [2.75, 3.05) is 4.90 Å². The number of thiazole rings is 1. The Morgan fingerprint density at radius 1 is 1.18 bits per heavy atom. The van der Waals surface area contributed by atoms with Gasteiger partial charge in [0.1, 0.15) is 0 Å². The van der Waals surface area contributed by atoms with Crippen LogP contribution in [0.2, 0.25) is 0 Å². The van der Waals surface area contributed by atoms with Crippen LogP contribution in [0.3, 0.4) is 0 Å². The minimum Gasteiger partial charge on any atom is -0.280 e. The normalized spacial score (nSPS) is 11.4. The van der Waals surface area contributed by atoms with Crippen LogP contribution in [-0.2, 0) is 11.3 Å². The molecule has 166 valence electrons. The molecule has 0 aliphatic carbocycles. The van der Waals surface area contributed by atoms with Crippen LogP contribution in [0, 0.1) is 10.1 Å². The smallest absolute Gasteiger partial charge is 0.270 e. The average molecular weight is 459 g/mol. The zero-order valence-electron chi connectivity index (χ0n) is 18.2. The minimum absolute atomic E-state index is 0.0239. The summed E-state index contributed by atoms with van der Waals surface area (Å²) in [5.74, 6) is 0.0374. The average Bonchev–Trinajstić information content (AvgIpc) is 3.25. The van der Waals surface area contributed by atoms with Gasteiger partial charge < -0.3 is 0 Å². The molecule has 0 radical (unpaired) electrons.